The minimum atomic E-state index is -0.0922. The number of fused-ring (bicyclic) bond motifs is 1. The van der Waals surface area contributed by atoms with Gasteiger partial charge in [0.1, 0.15) is 0 Å². The maximum Gasteiger partial charge on any atom is 0.258 e. The van der Waals surface area contributed by atoms with Crippen LogP contribution in [0.5, 0.6) is 0 Å². The highest BCUT2D eigenvalue weighted by Gasteiger charge is 2.28. The summed E-state index contributed by atoms with van der Waals surface area (Å²) in [6.45, 7) is 0. The Bertz CT molecular complexity index is 635. The number of nitrogens with zero attached hydrogens (tertiary/aromatic N) is 1. The van der Waals surface area contributed by atoms with E-state index in [-0.39, 0.29) is 17.2 Å². The Kier molecular flexibility index (Phi) is 3.53. The van der Waals surface area contributed by atoms with E-state index in [1.165, 1.54) is 17.4 Å². The van der Waals surface area contributed by atoms with Gasteiger partial charge in [0.25, 0.3) is 5.91 Å². The van der Waals surface area contributed by atoms with Gasteiger partial charge in [0.15, 0.2) is 0 Å². The van der Waals surface area contributed by atoms with Gasteiger partial charge in [-0.2, -0.15) is 0 Å². The molecule has 3 nitrogen and oxygen atoms in total. The molecule has 3 rings (SSSR count). The van der Waals surface area contributed by atoms with Crippen molar-refractivity contribution >= 4 is 17.5 Å². The summed E-state index contributed by atoms with van der Waals surface area (Å²) in [4.78, 5) is 14.3. The summed E-state index contributed by atoms with van der Waals surface area (Å²) in [5, 5.41) is 0.158. The van der Waals surface area contributed by atoms with Gasteiger partial charge >= 0.3 is 0 Å². The van der Waals surface area contributed by atoms with Gasteiger partial charge in [-0.15, -0.1) is 0 Å². The number of hydrogen-bond donors (Lipinski definition) is 0. The highest BCUT2D eigenvalue weighted by molar-refractivity contribution is 6.32. The summed E-state index contributed by atoms with van der Waals surface area (Å²) in [6.07, 6.45) is 4.60. The average molecular weight is 290 g/mol. The van der Waals surface area contributed by atoms with Gasteiger partial charge in [0.2, 0.25) is 5.22 Å². The average Bonchev–Trinajstić information content (AvgIpc) is 2.91. The van der Waals surface area contributed by atoms with Crippen molar-refractivity contribution in [1.29, 1.82) is 0 Å². The molecule has 0 saturated heterocycles. The summed E-state index contributed by atoms with van der Waals surface area (Å²) in [5.41, 5.74) is 3.01. The summed E-state index contributed by atoms with van der Waals surface area (Å²) in [6, 6.07) is 10.1. The fourth-order valence-corrected chi connectivity index (χ4v) is 3.10. The highest BCUT2D eigenvalue weighted by Crippen LogP contribution is 2.34. The van der Waals surface area contributed by atoms with E-state index in [1.54, 1.807) is 11.0 Å². The number of furan rings is 1. The largest absolute Gasteiger partial charge is 0.452 e. The Balaban J connectivity index is 1.90. The third-order valence-electron chi connectivity index (χ3n) is 3.97. The molecule has 0 spiro atoms. The van der Waals surface area contributed by atoms with Crippen LogP contribution in [0.15, 0.2) is 41.0 Å². The molecule has 0 bridgehead atoms. The first-order chi connectivity index (χ1) is 9.68. The van der Waals surface area contributed by atoms with E-state index in [9.17, 15) is 4.79 Å². The molecule has 0 aliphatic heterocycles. The van der Waals surface area contributed by atoms with E-state index in [2.05, 4.69) is 18.2 Å². The van der Waals surface area contributed by atoms with Gasteiger partial charge in [-0.1, -0.05) is 24.3 Å². The summed E-state index contributed by atoms with van der Waals surface area (Å²) in [7, 11) is 1.83. The molecule has 1 atom stereocenters. The van der Waals surface area contributed by atoms with Gasteiger partial charge in [0.05, 0.1) is 17.9 Å². The van der Waals surface area contributed by atoms with Crippen LogP contribution >= 0.6 is 11.6 Å². The lowest BCUT2D eigenvalue weighted by Gasteiger charge is -2.33. The van der Waals surface area contributed by atoms with Gasteiger partial charge < -0.3 is 9.32 Å². The number of benzene rings is 1. The molecule has 0 radical (unpaired) electrons. The van der Waals surface area contributed by atoms with Crippen molar-refractivity contribution < 1.29 is 9.21 Å². The van der Waals surface area contributed by atoms with Crippen molar-refractivity contribution in [2.24, 2.45) is 0 Å². The van der Waals surface area contributed by atoms with Crippen molar-refractivity contribution in [3.63, 3.8) is 0 Å². The molecule has 4 heteroatoms. The summed E-state index contributed by atoms with van der Waals surface area (Å²) < 4.78 is 5.01. The van der Waals surface area contributed by atoms with Crippen molar-refractivity contribution in [2.45, 2.75) is 25.3 Å². The Hall–Kier alpha value is -1.74. The number of carbonyl (C=O) groups is 1. The Morgan fingerprint density at radius 3 is 2.90 bits per heavy atom. The van der Waals surface area contributed by atoms with E-state index >= 15 is 0 Å². The molecule has 2 aromatic rings. The molecule has 1 aliphatic carbocycles. The zero-order valence-electron chi connectivity index (χ0n) is 11.3. The third-order valence-corrected chi connectivity index (χ3v) is 4.27. The minimum Gasteiger partial charge on any atom is -0.452 e. The standard InChI is InChI=1S/C16H16ClNO2/c1-18(16(19)13-9-10-20-15(13)17)14-8-4-6-11-5-2-3-7-12(11)14/h2-3,5,7,9-10,14H,4,6,8H2,1H3. The molecule has 104 valence electrons. The van der Waals surface area contributed by atoms with E-state index < -0.39 is 0 Å². The first-order valence-electron chi connectivity index (χ1n) is 6.76. The fraction of sp³-hybridized carbons (Fsp3) is 0.312. The van der Waals surface area contributed by atoms with E-state index in [4.69, 9.17) is 16.0 Å². The van der Waals surface area contributed by atoms with E-state index in [0.717, 1.165) is 19.3 Å². The molecule has 1 aliphatic rings. The number of carbonyl (C=O) groups excluding carboxylic acids is 1. The predicted molar refractivity (Wildman–Crippen MR) is 77.9 cm³/mol. The van der Waals surface area contributed by atoms with Crippen LogP contribution in [0.2, 0.25) is 5.22 Å². The van der Waals surface area contributed by atoms with Crippen LogP contribution in [0.1, 0.15) is 40.4 Å². The second kappa shape index (κ2) is 5.33. The fourth-order valence-electron chi connectivity index (χ4n) is 2.91. The molecular weight excluding hydrogens is 274 g/mol. The summed E-state index contributed by atoms with van der Waals surface area (Å²) in [5.74, 6) is -0.0922. The molecule has 1 unspecified atom stereocenters. The van der Waals surface area contributed by atoms with Crippen LogP contribution in [0.3, 0.4) is 0 Å². The second-order valence-electron chi connectivity index (χ2n) is 5.13. The highest BCUT2D eigenvalue weighted by atomic mass is 35.5. The van der Waals surface area contributed by atoms with Crippen molar-refractivity contribution in [2.75, 3.05) is 7.05 Å². The third kappa shape index (κ3) is 2.22. The number of aryl methyl sites for hydroxylation is 1. The maximum absolute atomic E-state index is 12.5. The predicted octanol–water partition coefficient (Wildman–Crippen LogP) is 4.08. The van der Waals surface area contributed by atoms with Gasteiger partial charge in [-0.3, -0.25) is 4.79 Å². The van der Waals surface area contributed by atoms with Crippen LogP contribution in [-0.4, -0.2) is 17.9 Å². The van der Waals surface area contributed by atoms with Crippen LogP contribution in [-0.2, 0) is 6.42 Å². The molecule has 1 amide bonds. The Morgan fingerprint density at radius 2 is 2.15 bits per heavy atom. The SMILES string of the molecule is CN(C(=O)c1ccoc1Cl)C1CCCc2ccccc21. The van der Waals surface area contributed by atoms with Crippen LogP contribution in [0.4, 0.5) is 0 Å². The molecule has 1 aromatic heterocycles. The monoisotopic (exact) mass is 289 g/mol. The molecule has 1 aromatic carbocycles. The molecule has 0 N–H and O–H groups in total. The molecule has 20 heavy (non-hydrogen) atoms. The van der Waals surface area contributed by atoms with Gasteiger partial charge in [0, 0.05) is 7.05 Å². The van der Waals surface area contributed by atoms with Crippen molar-refractivity contribution in [3.8, 4) is 0 Å². The van der Waals surface area contributed by atoms with Gasteiger partial charge in [-0.05, 0) is 48.1 Å². The number of hydrogen-bond acceptors (Lipinski definition) is 2. The molecule has 0 fully saturated rings. The Morgan fingerprint density at radius 1 is 1.35 bits per heavy atom. The normalized spacial score (nSPS) is 17.6. The Labute approximate surface area is 123 Å². The number of halogens is 1. The molecule has 1 heterocycles. The van der Waals surface area contributed by atoms with Crippen molar-refractivity contribution in [3.05, 3.63) is 58.5 Å². The van der Waals surface area contributed by atoms with Crippen molar-refractivity contribution in [1.82, 2.24) is 4.90 Å². The van der Waals surface area contributed by atoms with E-state index in [0.29, 0.717) is 5.56 Å². The number of amides is 1. The van der Waals surface area contributed by atoms with Crippen LogP contribution in [0, 0.1) is 0 Å². The van der Waals surface area contributed by atoms with Crippen LogP contribution < -0.4 is 0 Å². The lowest BCUT2D eigenvalue weighted by Crippen LogP contribution is -2.33. The minimum absolute atomic E-state index is 0.0922. The van der Waals surface area contributed by atoms with Crippen LogP contribution in [0.25, 0.3) is 0 Å². The first-order valence-corrected chi connectivity index (χ1v) is 7.14. The quantitative estimate of drug-likeness (QED) is 0.834. The maximum atomic E-state index is 12.5. The zero-order valence-corrected chi connectivity index (χ0v) is 12.1. The lowest BCUT2D eigenvalue weighted by molar-refractivity contribution is 0.0714. The molecule has 0 saturated carbocycles. The number of rotatable bonds is 2. The second-order valence-corrected chi connectivity index (χ2v) is 5.47. The van der Waals surface area contributed by atoms with Gasteiger partial charge in [-0.25, -0.2) is 0 Å². The van der Waals surface area contributed by atoms with E-state index in [1.807, 2.05) is 13.1 Å². The summed E-state index contributed by atoms with van der Waals surface area (Å²) >= 11 is 5.90. The zero-order chi connectivity index (χ0) is 14.1. The lowest BCUT2D eigenvalue weighted by atomic mass is 9.87. The smallest absolute Gasteiger partial charge is 0.258 e. The topological polar surface area (TPSA) is 33.5 Å². The first kappa shape index (κ1) is 13.3. The molecular formula is C16H16ClNO2.